The van der Waals surface area contributed by atoms with Crippen LogP contribution in [0.1, 0.15) is 32.4 Å². The van der Waals surface area contributed by atoms with E-state index < -0.39 is 0 Å². The number of nitriles is 2. The van der Waals surface area contributed by atoms with E-state index in [2.05, 4.69) is 48.1 Å². The van der Waals surface area contributed by atoms with Crippen LogP contribution >= 0.6 is 0 Å². The van der Waals surface area contributed by atoms with Gasteiger partial charge in [0.2, 0.25) is 12.2 Å². The fourth-order valence-electron chi connectivity index (χ4n) is 7.63. The minimum atomic E-state index is 0. The van der Waals surface area contributed by atoms with Crippen molar-refractivity contribution in [2.24, 2.45) is 9.98 Å². The highest BCUT2D eigenvalue weighted by Gasteiger charge is 2.20. The molecule has 0 bridgehead atoms. The van der Waals surface area contributed by atoms with Crippen LogP contribution < -0.4 is 9.47 Å². The molecule has 0 aliphatic heterocycles. The van der Waals surface area contributed by atoms with Crippen LogP contribution in [0.5, 0.6) is 11.5 Å². The molecule has 0 aliphatic rings. The second-order valence-electron chi connectivity index (χ2n) is 14.0. The molecular formula is C55H42N4O4. The van der Waals surface area contributed by atoms with Crippen molar-refractivity contribution in [3.63, 3.8) is 0 Å². The number of hydrogen-bond acceptors (Lipinski definition) is 8. The van der Waals surface area contributed by atoms with Crippen LogP contribution in [-0.2, 0) is 22.4 Å². The first-order valence-electron chi connectivity index (χ1n) is 20.0. The first-order valence-corrected chi connectivity index (χ1v) is 20.0. The maximum Gasteiger partial charge on any atom is 0.292 e. The molecule has 0 saturated heterocycles. The Hall–Kier alpha value is -8.64. The minimum Gasteiger partial charge on any atom is -0.387 e. The smallest absolute Gasteiger partial charge is 0.292 e. The summed E-state index contributed by atoms with van der Waals surface area (Å²) in [6, 6.07) is 54.8. The summed E-state index contributed by atoms with van der Waals surface area (Å²) in [6.07, 6.45) is 9.04. The molecule has 63 heavy (non-hydrogen) atoms. The zero-order valence-electron chi connectivity index (χ0n) is 34.0. The lowest BCUT2D eigenvalue weighted by Gasteiger charge is -2.15. The molecule has 0 saturated carbocycles. The Morgan fingerprint density at radius 1 is 0.413 bits per heavy atom. The number of rotatable bonds is 8. The molecule has 0 unspecified atom stereocenters. The molecule has 8 nitrogen and oxygen atoms in total. The number of hydrogen-bond donors (Lipinski definition) is 0. The second-order valence-corrected chi connectivity index (χ2v) is 14.0. The van der Waals surface area contributed by atoms with Crippen molar-refractivity contribution >= 4 is 66.6 Å². The average Bonchev–Trinajstić information content (AvgIpc) is 3.32. The number of ether oxygens (including phenoxy) is 2. The fraction of sp³-hybridized carbons (Fsp3) is 0.0909. The van der Waals surface area contributed by atoms with E-state index in [1.165, 1.54) is 11.1 Å². The Morgan fingerprint density at radius 2 is 0.714 bits per heavy atom. The molecule has 0 aliphatic carbocycles. The van der Waals surface area contributed by atoms with Gasteiger partial charge < -0.3 is 9.47 Å². The third-order valence-electron chi connectivity index (χ3n) is 10.6. The number of benzene rings is 9. The highest BCUT2D eigenvalue weighted by molar-refractivity contribution is 6.13. The van der Waals surface area contributed by atoms with Crippen molar-refractivity contribution in [3.05, 3.63) is 181 Å². The SMILES string of the molecule is C.CCc1ccc(CC)cc1.N#COc1ccc2ccccc2c1-c1c(N=C=O)ccc2ccccc12.N#COc1ccc2ccccc2c1-c1c(N=C=O)ccc2ccccc12. The Morgan fingerprint density at radius 3 is 1.02 bits per heavy atom. The van der Waals surface area contributed by atoms with Gasteiger partial charge in [-0.05, 0) is 91.3 Å². The predicted octanol–water partition coefficient (Wildman–Crippen LogP) is 14.4. The summed E-state index contributed by atoms with van der Waals surface area (Å²) in [6.45, 7) is 4.36. The summed E-state index contributed by atoms with van der Waals surface area (Å²) in [4.78, 5) is 29.8. The van der Waals surface area contributed by atoms with Crippen LogP contribution in [0.15, 0.2) is 180 Å². The molecule has 0 heterocycles. The summed E-state index contributed by atoms with van der Waals surface area (Å²) in [5, 5.41) is 25.9. The lowest BCUT2D eigenvalue weighted by molar-refractivity contribution is 0.509. The molecule has 306 valence electrons. The number of nitrogens with zero attached hydrogens (tertiary/aromatic N) is 4. The molecule has 0 aromatic heterocycles. The molecule has 0 radical (unpaired) electrons. The van der Waals surface area contributed by atoms with Gasteiger partial charge in [-0.3, -0.25) is 0 Å². The molecule has 9 aromatic carbocycles. The van der Waals surface area contributed by atoms with Crippen molar-refractivity contribution in [2.75, 3.05) is 0 Å². The topological polar surface area (TPSA) is 125 Å². The Balaban J connectivity index is 0.000000171. The zero-order chi connectivity index (χ0) is 43.3. The Kier molecular flexibility index (Phi) is 14.7. The largest absolute Gasteiger partial charge is 0.387 e. The lowest BCUT2D eigenvalue weighted by atomic mass is 9.92. The first-order chi connectivity index (χ1) is 30.5. The maximum absolute atomic E-state index is 11.0. The minimum absolute atomic E-state index is 0. The fourth-order valence-corrected chi connectivity index (χ4v) is 7.63. The van der Waals surface area contributed by atoms with Crippen molar-refractivity contribution in [1.29, 1.82) is 10.5 Å². The number of isocyanates is 2. The van der Waals surface area contributed by atoms with E-state index in [1.54, 1.807) is 48.9 Å². The number of aliphatic imine (C=N–C) groups is 2. The molecule has 9 aromatic rings. The maximum atomic E-state index is 11.0. The summed E-state index contributed by atoms with van der Waals surface area (Å²) in [5.41, 5.74) is 6.78. The van der Waals surface area contributed by atoms with Gasteiger partial charge in [-0.25, -0.2) is 9.59 Å². The van der Waals surface area contributed by atoms with E-state index in [9.17, 15) is 9.59 Å². The van der Waals surface area contributed by atoms with Gasteiger partial charge in [0.15, 0.2) is 11.5 Å². The van der Waals surface area contributed by atoms with E-state index in [0.717, 1.165) is 78.2 Å². The molecule has 0 atom stereocenters. The summed E-state index contributed by atoms with van der Waals surface area (Å²) in [7, 11) is 0. The van der Waals surface area contributed by atoms with Gasteiger partial charge in [-0.2, -0.15) is 9.98 Å². The molecule has 9 rings (SSSR count). The van der Waals surface area contributed by atoms with Crippen molar-refractivity contribution in [3.8, 4) is 46.3 Å². The van der Waals surface area contributed by atoms with Crippen LogP contribution in [-0.4, -0.2) is 12.2 Å². The molecule has 0 N–H and O–H groups in total. The molecule has 8 heteroatoms. The van der Waals surface area contributed by atoms with Crippen molar-refractivity contribution < 1.29 is 19.1 Å². The van der Waals surface area contributed by atoms with Crippen LogP contribution in [0.2, 0.25) is 0 Å². The van der Waals surface area contributed by atoms with Crippen LogP contribution in [0.4, 0.5) is 11.4 Å². The van der Waals surface area contributed by atoms with Crippen molar-refractivity contribution in [2.45, 2.75) is 34.1 Å². The van der Waals surface area contributed by atoms with Crippen LogP contribution in [0, 0.1) is 23.0 Å². The van der Waals surface area contributed by atoms with Gasteiger partial charge in [0.25, 0.3) is 12.5 Å². The summed E-state index contributed by atoms with van der Waals surface area (Å²) >= 11 is 0. The Labute approximate surface area is 366 Å². The van der Waals surface area contributed by atoms with Gasteiger partial charge in [-0.1, -0.05) is 167 Å². The summed E-state index contributed by atoms with van der Waals surface area (Å²) in [5.74, 6) is 0.842. The lowest BCUT2D eigenvalue weighted by Crippen LogP contribution is -1.91. The van der Waals surface area contributed by atoms with E-state index in [4.69, 9.17) is 20.0 Å². The highest BCUT2D eigenvalue weighted by atomic mass is 16.5. The normalized spacial score (nSPS) is 10.0. The van der Waals surface area contributed by atoms with Gasteiger partial charge in [-0.15, -0.1) is 10.5 Å². The predicted molar refractivity (Wildman–Crippen MR) is 254 cm³/mol. The van der Waals surface area contributed by atoms with Crippen LogP contribution in [0.3, 0.4) is 0 Å². The second kappa shape index (κ2) is 21.1. The van der Waals surface area contributed by atoms with Gasteiger partial charge >= 0.3 is 0 Å². The molecule has 0 amide bonds. The molecule has 0 spiro atoms. The van der Waals surface area contributed by atoms with E-state index >= 15 is 0 Å². The standard InChI is InChI=1S/2C22H12N2O2.C10H14.CH4/c2*23-13-26-20-12-10-16-6-2-4-8-18(16)22(20)21-17-7-3-1-5-15(17)9-11-19(21)24-14-25;1-3-9-5-7-10(4-2)8-6-9;/h2*1-12H;5-8H,3-4H2,1-2H3;1H4. The third-order valence-corrected chi connectivity index (χ3v) is 10.6. The monoisotopic (exact) mass is 822 g/mol. The first kappa shape index (κ1) is 43.9. The summed E-state index contributed by atoms with van der Waals surface area (Å²) < 4.78 is 10.5. The number of aryl methyl sites for hydroxylation is 2. The average molecular weight is 823 g/mol. The number of fused-ring (bicyclic) bond motifs is 4. The van der Waals surface area contributed by atoms with Crippen LogP contribution in [0.25, 0.3) is 65.3 Å². The van der Waals surface area contributed by atoms with Gasteiger partial charge in [0.05, 0.1) is 11.4 Å². The highest BCUT2D eigenvalue weighted by Crippen LogP contribution is 2.47. The Bertz CT molecular complexity index is 3040. The van der Waals surface area contributed by atoms with E-state index in [0.29, 0.717) is 22.9 Å². The third kappa shape index (κ3) is 9.56. The van der Waals surface area contributed by atoms with Gasteiger partial charge in [0.1, 0.15) is 0 Å². The van der Waals surface area contributed by atoms with Crippen molar-refractivity contribution in [1.82, 2.24) is 0 Å². The van der Waals surface area contributed by atoms with Gasteiger partial charge in [0, 0.05) is 22.3 Å². The molecule has 0 fully saturated rings. The number of carbonyl (C=O) groups excluding carboxylic acids is 2. The van der Waals surface area contributed by atoms with E-state index in [1.807, 2.05) is 121 Å². The van der Waals surface area contributed by atoms with E-state index in [-0.39, 0.29) is 7.43 Å². The zero-order valence-corrected chi connectivity index (χ0v) is 34.0. The quantitative estimate of drug-likeness (QED) is 0.0853. The molecular weight excluding hydrogens is 781 g/mol.